The first-order chi connectivity index (χ1) is 15.2. The Morgan fingerprint density at radius 1 is 1.03 bits per heavy atom. The second kappa shape index (κ2) is 8.91. The molecule has 0 aliphatic carbocycles. The molecular formula is C23H25N7O. The fourth-order valence-electron chi connectivity index (χ4n) is 3.80. The van der Waals surface area contributed by atoms with Crippen LogP contribution in [-0.2, 0) is 13.0 Å². The van der Waals surface area contributed by atoms with Crippen molar-refractivity contribution in [2.24, 2.45) is 0 Å². The molecular weight excluding hydrogens is 390 g/mol. The van der Waals surface area contributed by atoms with Crippen molar-refractivity contribution in [1.29, 1.82) is 0 Å². The van der Waals surface area contributed by atoms with E-state index in [-0.39, 0.29) is 5.91 Å². The highest BCUT2D eigenvalue weighted by atomic mass is 16.1. The summed E-state index contributed by atoms with van der Waals surface area (Å²) in [6.07, 6.45) is 1.63. The van der Waals surface area contributed by atoms with Gasteiger partial charge in [-0.05, 0) is 29.2 Å². The predicted octanol–water partition coefficient (Wildman–Crippen LogP) is 3.73. The van der Waals surface area contributed by atoms with Gasteiger partial charge in [0.1, 0.15) is 0 Å². The zero-order valence-corrected chi connectivity index (χ0v) is 17.9. The van der Waals surface area contributed by atoms with E-state index in [9.17, 15) is 4.79 Å². The van der Waals surface area contributed by atoms with Crippen molar-refractivity contribution in [3.63, 3.8) is 0 Å². The predicted molar refractivity (Wildman–Crippen MR) is 119 cm³/mol. The van der Waals surface area contributed by atoms with Crippen LogP contribution < -0.4 is 5.32 Å². The van der Waals surface area contributed by atoms with Gasteiger partial charge in [-0.15, -0.1) is 10.2 Å². The molecule has 31 heavy (non-hydrogen) atoms. The van der Waals surface area contributed by atoms with Crippen molar-refractivity contribution in [3.8, 4) is 33.8 Å². The summed E-state index contributed by atoms with van der Waals surface area (Å²) in [6, 6.07) is 16.1. The number of carbonyl (C=O) groups is 1. The Labute approximate surface area is 180 Å². The number of carbonyl (C=O) groups excluding carboxylic acids is 1. The average Bonchev–Trinajstić information content (AvgIpc) is 3.47. The molecule has 0 saturated carbocycles. The Morgan fingerprint density at radius 2 is 1.74 bits per heavy atom. The molecule has 0 bridgehead atoms. The van der Waals surface area contributed by atoms with Crippen LogP contribution in [0.4, 0.5) is 0 Å². The number of aromatic amines is 1. The number of aryl methyl sites for hydroxylation is 2. The summed E-state index contributed by atoms with van der Waals surface area (Å²) in [5.41, 5.74) is 6.23. The Hall–Kier alpha value is -3.81. The molecule has 0 aliphatic rings. The maximum Gasteiger partial charge on any atom is 0.255 e. The highest BCUT2D eigenvalue weighted by Gasteiger charge is 2.23. The molecule has 1 amide bonds. The summed E-state index contributed by atoms with van der Waals surface area (Å²) in [4.78, 5) is 12.7. The average molecular weight is 416 g/mol. The van der Waals surface area contributed by atoms with Crippen LogP contribution in [0.25, 0.3) is 33.8 Å². The van der Waals surface area contributed by atoms with E-state index in [2.05, 4.69) is 45.0 Å². The maximum atomic E-state index is 12.7. The molecule has 0 spiro atoms. The van der Waals surface area contributed by atoms with Crippen LogP contribution in [-0.4, -0.2) is 43.4 Å². The minimum Gasteiger partial charge on any atom is -0.355 e. The molecule has 0 radical (unpaired) electrons. The molecule has 0 fully saturated rings. The van der Waals surface area contributed by atoms with Crippen molar-refractivity contribution < 1.29 is 4.79 Å². The van der Waals surface area contributed by atoms with Gasteiger partial charge in [-0.2, -0.15) is 10.3 Å². The second-order valence-electron chi connectivity index (χ2n) is 7.18. The van der Waals surface area contributed by atoms with E-state index in [1.165, 1.54) is 0 Å². The minimum atomic E-state index is -0.110. The molecule has 4 rings (SSSR count). The molecule has 158 valence electrons. The van der Waals surface area contributed by atoms with Gasteiger partial charge in [-0.3, -0.25) is 9.48 Å². The Morgan fingerprint density at radius 3 is 2.35 bits per heavy atom. The number of nitrogens with zero attached hydrogens (tertiary/aromatic N) is 5. The van der Waals surface area contributed by atoms with E-state index in [4.69, 9.17) is 5.10 Å². The van der Waals surface area contributed by atoms with Gasteiger partial charge in [-0.1, -0.05) is 62.4 Å². The second-order valence-corrected chi connectivity index (χ2v) is 7.18. The molecule has 0 saturated heterocycles. The van der Waals surface area contributed by atoms with Crippen LogP contribution in [0.15, 0.2) is 48.5 Å². The zero-order valence-electron chi connectivity index (χ0n) is 17.9. The summed E-state index contributed by atoms with van der Waals surface area (Å²) in [7, 11) is 1.65. The minimum absolute atomic E-state index is 0.110. The quantitative estimate of drug-likeness (QED) is 0.479. The Bertz CT molecular complexity index is 1180. The van der Waals surface area contributed by atoms with Gasteiger partial charge >= 0.3 is 0 Å². The molecule has 2 N–H and O–H groups in total. The summed E-state index contributed by atoms with van der Waals surface area (Å²) < 4.78 is 1.95. The first-order valence-corrected chi connectivity index (χ1v) is 10.4. The van der Waals surface area contributed by atoms with Crippen molar-refractivity contribution >= 4 is 5.91 Å². The first kappa shape index (κ1) is 20.5. The van der Waals surface area contributed by atoms with Gasteiger partial charge in [0.05, 0.1) is 17.0 Å². The molecule has 0 atom stereocenters. The summed E-state index contributed by atoms with van der Waals surface area (Å²) in [5.74, 6) is 0.441. The van der Waals surface area contributed by atoms with Crippen molar-refractivity contribution in [2.75, 3.05) is 7.05 Å². The van der Waals surface area contributed by atoms with E-state index in [0.29, 0.717) is 17.8 Å². The standard InChI is InChI=1S/C23H25N7O/c1-4-14-30-21(20(23(31)24-3)19(5-2)27-30)16-12-10-15(11-13-16)17-8-6-7-9-18(17)22-25-28-29-26-22/h6-13H,4-5,14H2,1-3H3,(H,24,31)(H,25,26,28,29). The number of tetrazole rings is 1. The third-order valence-corrected chi connectivity index (χ3v) is 5.23. The van der Waals surface area contributed by atoms with Crippen LogP contribution in [0.2, 0.25) is 0 Å². The Kier molecular flexibility index (Phi) is 5.88. The lowest BCUT2D eigenvalue weighted by molar-refractivity contribution is 0.0963. The lowest BCUT2D eigenvalue weighted by Gasteiger charge is -2.11. The number of nitrogens with one attached hydrogen (secondary N) is 2. The van der Waals surface area contributed by atoms with Gasteiger partial charge in [0.2, 0.25) is 5.82 Å². The molecule has 0 aliphatic heterocycles. The molecule has 8 heteroatoms. The van der Waals surface area contributed by atoms with E-state index in [0.717, 1.165) is 46.6 Å². The number of aromatic nitrogens is 6. The van der Waals surface area contributed by atoms with Crippen LogP contribution in [0, 0.1) is 0 Å². The van der Waals surface area contributed by atoms with Crippen LogP contribution in [0.5, 0.6) is 0 Å². The normalized spacial score (nSPS) is 10.9. The van der Waals surface area contributed by atoms with Crippen molar-refractivity contribution in [2.45, 2.75) is 33.2 Å². The molecule has 0 unspecified atom stereocenters. The van der Waals surface area contributed by atoms with Crippen molar-refractivity contribution in [1.82, 2.24) is 35.7 Å². The Balaban J connectivity index is 1.80. The van der Waals surface area contributed by atoms with Gasteiger partial charge in [0.15, 0.2) is 0 Å². The topological polar surface area (TPSA) is 101 Å². The lowest BCUT2D eigenvalue weighted by Crippen LogP contribution is -2.19. The highest BCUT2D eigenvalue weighted by Crippen LogP contribution is 2.33. The van der Waals surface area contributed by atoms with E-state index in [1.54, 1.807) is 7.05 Å². The van der Waals surface area contributed by atoms with Gasteiger partial charge in [-0.25, -0.2) is 0 Å². The van der Waals surface area contributed by atoms with Gasteiger partial charge in [0.25, 0.3) is 5.91 Å². The molecule has 4 aromatic rings. The van der Waals surface area contributed by atoms with E-state index in [1.807, 2.05) is 48.0 Å². The fourth-order valence-corrected chi connectivity index (χ4v) is 3.80. The summed E-state index contributed by atoms with van der Waals surface area (Å²) in [5, 5.41) is 21.9. The van der Waals surface area contributed by atoms with E-state index < -0.39 is 0 Å². The summed E-state index contributed by atoms with van der Waals surface area (Å²) in [6.45, 7) is 4.88. The number of amides is 1. The van der Waals surface area contributed by atoms with Gasteiger partial charge < -0.3 is 5.32 Å². The highest BCUT2D eigenvalue weighted by molar-refractivity contribution is 6.01. The molecule has 2 aromatic heterocycles. The van der Waals surface area contributed by atoms with Crippen LogP contribution in [0.3, 0.4) is 0 Å². The molecule has 2 heterocycles. The third kappa shape index (κ3) is 3.84. The largest absolute Gasteiger partial charge is 0.355 e. The third-order valence-electron chi connectivity index (χ3n) is 5.23. The number of hydrogen-bond donors (Lipinski definition) is 2. The van der Waals surface area contributed by atoms with Crippen molar-refractivity contribution in [3.05, 3.63) is 59.8 Å². The number of hydrogen-bond acceptors (Lipinski definition) is 5. The van der Waals surface area contributed by atoms with E-state index >= 15 is 0 Å². The molecule has 2 aromatic carbocycles. The monoisotopic (exact) mass is 415 g/mol. The number of benzene rings is 2. The molecule has 8 nitrogen and oxygen atoms in total. The zero-order chi connectivity index (χ0) is 21.8. The fraction of sp³-hybridized carbons (Fsp3) is 0.261. The van der Waals surface area contributed by atoms with Gasteiger partial charge in [0, 0.05) is 24.7 Å². The summed E-state index contributed by atoms with van der Waals surface area (Å²) >= 11 is 0. The SMILES string of the molecule is CCCn1nc(CC)c(C(=O)NC)c1-c1ccc(-c2ccccc2-c2nn[nH]n2)cc1. The van der Waals surface area contributed by atoms with Crippen LogP contribution >= 0.6 is 0 Å². The lowest BCUT2D eigenvalue weighted by atomic mass is 9.96. The number of rotatable bonds is 7. The number of H-pyrrole nitrogens is 1. The maximum absolute atomic E-state index is 12.7. The van der Waals surface area contributed by atoms with Crippen LogP contribution in [0.1, 0.15) is 36.3 Å². The first-order valence-electron chi connectivity index (χ1n) is 10.4. The smallest absolute Gasteiger partial charge is 0.255 e.